The zero-order valence-corrected chi connectivity index (χ0v) is 11.0. The molecule has 1 atom stereocenters. The van der Waals surface area contributed by atoms with Gasteiger partial charge in [-0.15, -0.1) is 0 Å². The van der Waals surface area contributed by atoms with Gasteiger partial charge in [0.05, 0.1) is 11.4 Å². The first kappa shape index (κ1) is 14.3. The van der Waals surface area contributed by atoms with Crippen LogP contribution in [0.5, 0.6) is 0 Å². The fourth-order valence-electron chi connectivity index (χ4n) is 1.76. The van der Waals surface area contributed by atoms with Crippen LogP contribution in [0, 0.1) is 5.82 Å². The lowest BCUT2D eigenvalue weighted by Crippen LogP contribution is -2.41. The largest absolute Gasteiger partial charge is 0.397 e. The third kappa shape index (κ3) is 3.35. The summed E-state index contributed by atoms with van der Waals surface area (Å²) in [4.78, 5) is 13.8. The van der Waals surface area contributed by atoms with E-state index in [9.17, 15) is 9.18 Å². The van der Waals surface area contributed by atoms with Gasteiger partial charge in [0.25, 0.3) is 0 Å². The van der Waals surface area contributed by atoms with Crippen molar-refractivity contribution in [3.8, 4) is 0 Å². The van der Waals surface area contributed by atoms with Crippen molar-refractivity contribution in [2.45, 2.75) is 26.8 Å². The predicted molar refractivity (Wildman–Crippen MR) is 71.8 cm³/mol. The van der Waals surface area contributed by atoms with Crippen molar-refractivity contribution in [3.63, 3.8) is 0 Å². The highest BCUT2D eigenvalue weighted by Gasteiger charge is 2.18. The number of nitrogen functional groups attached to an aromatic ring is 1. The molecule has 0 fully saturated rings. The predicted octanol–water partition coefficient (Wildman–Crippen LogP) is 2.08. The maximum atomic E-state index is 13.1. The quantitative estimate of drug-likeness (QED) is 0.790. The molecule has 0 aliphatic heterocycles. The Morgan fingerprint density at radius 3 is 2.61 bits per heavy atom. The van der Waals surface area contributed by atoms with Crippen LogP contribution >= 0.6 is 0 Å². The Kier molecular flexibility index (Phi) is 4.95. The third-order valence-corrected chi connectivity index (χ3v) is 2.83. The van der Waals surface area contributed by atoms with Crippen LogP contribution in [0.3, 0.4) is 0 Å². The number of carbonyl (C=O) groups is 1. The summed E-state index contributed by atoms with van der Waals surface area (Å²) in [7, 11) is 0. The number of carbonyl (C=O) groups excluding carboxylic acids is 1. The first-order valence-corrected chi connectivity index (χ1v) is 6.09. The van der Waals surface area contributed by atoms with E-state index >= 15 is 0 Å². The molecule has 5 heteroatoms. The molecule has 0 aliphatic carbocycles. The van der Waals surface area contributed by atoms with E-state index in [0.29, 0.717) is 24.5 Å². The Balaban J connectivity index is 2.77. The van der Waals surface area contributed by atoms with E-state index in [2.05, 4.69) is 5.32 Å². The van der Waals surface area contributed by atoms with Gasteiger partial charge in [0.2, 0.25) is 5.91 Å². The summed E-state index contributed by atoms with van der Waals surface area (Å²) in [5.74, 6) is -0.405. The normalized spacial score (nSPS) is 12.0. The SMILES string of the molecule is CCN(CC)C(=O)C(C)Nc1cc(F)ccc1N. The first-order chi connectivity index (χ1) is 8.49. The number of hydrogen-bond acceptors (Lipinski definition) is 3. The fraction of sp³-hybridized carbons (Fsp3) is 0.462. The fourth-order valence-corrected chi connectivity index (χ4v) is 1.76. The molecule has 0 saturated carbocycles. The van der Waals surface area contributed by atoms with Crippen molar-refractivity contribution < 1.29 is 9.18 Å². The highest BCUT2D eigenvalue weighted by molar-refractivity contribution is 5.85. The van der Waals surface area contributed by atoms with E-state index in [1.54, 1.807) is 11.8 Å². The van der Waals surface area contributed by atoms with E-state index in [-0.39, 0.29) is 11.7 Å². The maximum absolute atomic E-state index is 13.1. The number of anilines is 2. The maximum Gasteiger partial charge on any atom is 0.244 e. The number of amides is 1. The number of benzene rings is 1. The Labute approximate surface area is 107 Å². The molecule has 1 amide bonds. The summed E-state index contributed by atoms with van der Waals surface area (Å²) in [5, 5.41) is 2.94. The van der Waals surface area contributed by atoms with Gasteiger partial charge < -0.3 is 16.0 Å². The van der Waals surface area contributed by atoms with Crippen molar-refractivity contribution in [3.05, 3.63) is 24.0 Å². The van der Waals surface area contributed by atoms with Crippen molar-refractivity contribution in [2.75, 3.05) is 24.1 Å². The van der Waals surface area contributed by atoms with Crippen LogP contribution < -0.4 is 11.1 Å². The molecule has 1 rings (SSSR count). The molecule has 0 aromatic heterocycles. The molecule has 100 valence electrons. The lowest BCUT2D eigenvalue weighted by atomic mass is 10.2. The van der Waals surface area contributed by atoms with E-state index in [0.717, 1.165) is 0 Å². The number of likely N-dealkylation sites (N-methyl/N-ethyl adjacent to an activating group) is 1. The minimum Gasteiger partial charge on any atom is -0.397 e. The van der Waals surface area contributed by atoms with Gasteiger partial charge in [-0.05, 0) is 39.0 Å². The smallest absolute Gasteiger partial charge is 0.244 e. The summed E-state index contributed by atoms with van der Waals surface area (Å²) in [6.07, 6.45) is 0. The Hall–Kier alpha value is -1.78. The second kappa shape index (κ2) is 6.23. The molecule has 0 saturated heterocycles. The lowest BCUT2D eigenvalue weighted by Gasteiger charge is -2.24. The van der Waals surface area contributed by atoms with Gasteiger partial charge in [-0.1, -0.05) is 0 Å². The van der Waals surface area contributed by atoms with Gasteiger partial charge >= 0.3 is 0 Å². The van der Waals surface area contributed by atoms with E-state index < -0.39 is 6.04 Å². The molecule has 0 radical (unpaired) electrons. The molecule has 3 N–H and O–H groups in total. The molecule has 0 spiro atoms. The molecule has 0 heterocycles. The lowest BCUT2D eigenvalue weighted by molar-refractivity contribution is -0.131. The minimum atomic E-state index is -0.436. The average Bonchev–Trinajstić information content (AvgIpc) is 2.35. The van der Waals surface area contributed by atoms with Crippen LogP contribution in [0.4, 0.5) is 15.8 Å². The Morgan fingerprint density at radius 2 is 2.06 bits per heavy atom. The van der Waals surface area contributed by atoms with Gasteiger partial charge in [0.15, 0.2) is 0 Å². The second-order valence-corrected chi connectivity index (χ2v) is 4.11. The molecule has 4 nitrogen and oxygen atoms in total. The van der Waals surface area contributed by atoms with Crippen molar-refractivity contribution in [1.82, 2.24) is 4.90 Å². The van der Waals surface area contributed by atoms with Gasteiger partial charge in [-0.2, -0.15) is 0 Å². The van der Waals surface area contributed by atoms with E-state index in [4.69, 9.17) is 5.73 Å². The van der Waals surface area contributed by atoms with Crippen LogP contribution in [-0.2, 0) is 4.79 Å². The number of hydrogen-bond donors (Lipinski definition) is 2. The van der Waals surface area contributed by atoms with Crippen molar-refractivity contribution in [2.24, 2.45) is 0 Å². The standard InChI is InChI=1S/C13H20FN3O/c1-4-17(5-2)13(18)9(3)16-12-8-10(14)6-7-11(12)15/h6-9,16H,4-5,15H2,1-3H3. The molecule has 0 aliphatic rings. The zero-order chi connectivity index (χ0) is 13.7. The van der Waals surface area contributed by atoms with E-state index in [1.807, 2.05) is 13.8 Å². The summed E-state index contributed by atoms with van der Waals surface area (Å²) in [5.41, 5.74) is 6.60. The number of nitrogens with one attached hydrogen (secondary N) is 1. The Bertz CT molecular complexity index is 419. The summed E-state index contributed by atoms with van der Waals surface area (Å²) < 4.78 is 13.1. The molecular formula is C13H20FN3O. The molecular weight excluding hydrogens is 233 g/mol. The second-order valence-electron chi connectivity index (χ2n) is 4.11. The van der Waals surface area contributed by atoms with Gasteiger partial charge in [0, 0.05) is 13.1 Å². The zero-order valence-electron chi connectivity index (χ0n) is 11.0. The van der Waals surface area contributed by atoms with Crippen LogP contribution in [-0.4, -0.2) is 29.9 Å². The molecule has 1 aromatic carbocycles. The molecule has 0 bridgehead atoms. The Morgan fingerprint density at radius 1 is 1.44 bits per heavy atom. The van der Waals surface area contributed by atoms with Crippen LogP contribution in [0.2, 0.25) is 0 Å². The van der Waals surface area contributed by atoms with Crippen LogP contribution in [0.15, 0.2) is 18.2 Å². The summed E-state index contributed by atoms with van der Waals surface area (Å²) >= 11 is 0. The first-order valence-electron chi connectivity index (χ1n) is 6.09. The highest BCUT2D eigenvalue weighted by Crippen LogP contribution is 2.20. The third-order valence-electron chi connectivity index (χ3n) is 2.83. The minimum absolute atomic E-state index is 0.0244. The van der Waals surface area contributed by atoms with E-state index in [1.165, 1.54) is 18.2 Å². The molecule has 1 aromatic rings. The number of halogens is 1. The average molecular weight is 253 g/mol. The topological polar surface area (TPSA) is 58.4 Å². The molecule has 18 heavy (non-hydrogen) atoms. The van der Waals surface area contributed by atoms with Crippen molar-refractivity contribution >= 4 is 17.3 Å². The van der Waals surface area contributed by atoms with Gasteiger partial charge in [-0.25, -0.2) is 4.39 Å². The van der Waals surface area contributed by atoms with Crippen LogP contribution in [0.25, 0.3) is 0 Å². The highest BCUT2D eigenvalue weighted by atomic mass is 19.1. The monoisotopic (exact) mass is 253 g/mol. The van der Waals surface area contributed by atoms with Crippen molar-refractivity contribution in [1.29, 1.82) is 0 Å². The number of nitrogens with two attached hydrogens (primary N) is 1. The number of rotatable bonds is 5. The molecule has 1 unspecified atom stereocenters. The van der Waals surface area contributed by atoms with Crippen LogP contribution in [0.1, 0.15) is 20.8 Å². The van der Waals surface area contributed by atoms with Gasteiger partial charge in [0.1, 0.15) is 11.9 Å². The van der Waals surface area contributed by atoms with Gasteiger partial charge in [-0.3, -0.25) is 4.79 Å². The summed E-state index contributed by atoms with van der Waals surface area (Å²) in [6, 6.07) is 3.62. The number of nitrogens with zero attached hydrogens (tertiary/aromatic N) is 1. The summed E-state index contributed by atoms with van der Waals surface area (Å²) in [6.45, 7) is 6.89.